The Kier molecular flexibility index (Phi) is 2.32. The number of nitrogens with zero attached hydrogens (tertiary/aromatic N) is 1. The molecular formula is C10H13N5O2. The van der Waals surface area contributed by atoms with Crippen molar-refractivity contribution in [3.8, 4) is 0 Å². The molecule has 0 saturated carbocycles. The maximum absolute atomic E-state index is 11.5. The zero-order valence-corrected chi connectivity index (χ0v) is 9.17. The van der Waals surface area contributed by atoms with E-state index in [0.717, 1.165) is 25.8 Å². The van der Waals surface area contributed by atoms with Crippen LogP contribution in [0.1, 0.15) is 31.1 Å². The largest absolute Gasteiger partial charge is 0.335 e. The molecule has 0 radical (unpaired) electrons. The fraction of sp³-hybridized carbons (Fsp3) is 0.500. The molecule has 0 bridgehead atoms. The smallest absolute Gasteiger partial charge is 0.327 e. The van der Waals surface area contributed by atoms with E-state index in [-0.39, 0.29) is 6.04 Å². The lowest BCUT2D eigenvalue weighted by molar-refractivity contribution is 0.400. The second-order valence-electron chi connectivity index (χ2n) is 4.26. The van der Waals surface area contributed by atoms with Crippen LogP contribution in [-0.2, 0) is 0 Å². The van der Waals surface area contributed by atoms with Crippen molar-refractivity contribution in [3.63, 3.8) is 0 Å². The summed E-state index contributed by atoms with van der Waals surface area (Å²) in [5.74, 6) is 0.715. The van der Waals surface area contributed by atoms with Gasteiger partial charge in [-0.05, 0) is 19.4 Å². The van der Waals surface area contributed by atoms with Gasteiger partial charge in [0.25, 0.3) is 5.56 Å². The van der Waals surface area contributed by atoms with Crippen LogP contribution < -0.4 is 16.6 Å². The van der Waals surface area contributed by atoms with Gasteiger partial charge in [-0.25, -0.2) is 9.78 Å². The van der Waals surface area contributed by atoms with E-state index in [4.69, 9.17) is 0 Å². The van der Waals surface area contributed by atoms with E-state index < -0.39 is 11.2 Å². The van der Waals surface area contributed by atoms with Gasteiger partial charge in [0.15, 0.2) is 5.65 Å². The molecule has 2 aromatic rings. The van der Waals surface area contributed by atoms with Crippen molar-refractivity contribution >= 4 is 11.2 Å². The summed E-state index contributed by atoms with van der Waals surface area (Å²) in [6.45, 7) is 0.953. The van der Waals surface area contributed by atoms with Crippen molar-refractivity contribution in [1.82, 2.24) is 25.3 Å². The minimum Gasteiger partial charge on any atom is -0.335 e. The van der Waals surface area contributed by atoms with E-state index in [1.165, 1.54) is 0 Å². The monoisotopic (exact) mass is 235 g/mol. The molecule has 3 heterocycles. The lowest BCUT2D eigenvalue weighted by atomic mass is 10.0. The predicted octanol–water partition coefficient (Wildman–Crippen LogP) is -0.246. The number of hydrogen-bond donors (Lipinski definition) is 4. The molecule has 1 aliphatic rings. The van der Waals surface area contributed by atoms with Gasteiger partial charge in [-0.15, -0.1) is 0 Å². The molecule has 0 spiro atoms. The standard InChI is InChI=1S/C10H13N5O2/c16-9-6-8(14-10(17)15-9)13-7(12-6)5-3-1-2-4-11-5/h5,11H,1-4H2,(H3,12,13,14,15,16,17). The van der Waals surface area contributed by atoms with Crippen molar-refractivity contribution in [2.45, 2.75) is 25.3 Å². The highest BCUT2D eigenvalue weighted by atomic mass is 16.2. The van der Waals surface area contributed by atoms with E-state index in [1.807, 2.05) is 0 Å². The lowest BCUT2D eigenvalue weighted by Crippen LogP contribution is -2.27. The van der Waals surface area contributed by atoms with Crippen LogP contribution in [0.25, 0.3) is 11.2 Å². The van der Waals surface area contributed by atoms with Gasteiger partial charge in [-0.1, -0.05) is 6.42 Å². The first-order valence-corrected chi connectivity index (χ1v) is 5.69. The molecule has 0 aliphatic carbocycles. The number of aromatic nitrogens is 4. The number of aromatic amines is 3. The summed E-state index contributed by atoms with van der Waals surface area (Å²) >= 11 is 0. The third kappa shape index (κ3) is 1.78. The summed E-state index contributed by atoms with van der Waals surface area (Å²) in [5, 5.41) is 3.33. The third-order valence-corrected chi connectivity index (χ3v) is 3.05. The number of piperidine rings is 1. The zero-order valence-electron chi connectivity index (χ0n) is 9.17. The van der Waals surface area contributed by atoms with Crippen LogP contribution in [0.2, 0.25) is 0 Å². The Morgan fingerprint density at radius 1 is 1.12 bits per heavy atom. The Balaban J connectivity index is 2.09. The van der Waals surface area contributed by atoms with Crippen molar-refractivity contribution in [2.24, 2.45) is 0 Å². The Labute approximate surface area is 95.7 Å². The number of rotatable bonds is 1. The summed E-state index contributed by atoms with van der Waals surface area (Å²) in [6, 6.07) is 0.138. The summed E-state index contributed by atoms with van der Waals surface area (Å²) in [7, 11) is 0. The molecule has 7 heteroatoms. The van der Waals surface area contributed by atoms with E-state index >= 15 is 0 Å². The molecule has 1 unspecified atom stereocenters. The second-order valence-corrected chi connectivity index (χ2v) is 4.26. The minimum absolute atomic E-state index is 0.138. The molecule has 1 saturated heterocycles. The topological polar surface area (TPSA) is 106 Å². The Hall–Kier alpha value is -1.89. The van der Waals surface area contributed by atoms with Crippen LogP contribution in [-0.4, -0.2) is 26.5 Å². The van der Waals surface area contributed by atoms with Crippen LogP contribution >= 0.6 is 0 Å². The quantitative estimate of drug-likeness (QED) is 0.547. The van der Waals surface area contributed by atoms with Gasteiger partial charge < -0.3 is 10.3 Å². The first-order valence-electron chi connectivity index (χ1n) is 5.69. The van der Waals surface area contributed by atoms with Gasteiger partial charge in [-0.2, -0.15) is 0 Å². The molecular weight excluding hydrogens is 222 g/mol. The first-order chi connectivity index (χ1) is 8.24. The predicted molar refractivity (Wildman–Crippen MR) is 61.9 cm³/mol. The molecule has 1 atom stereocenters. The number of H-pyrrole nitrogens is 3. The van der Waals surface area contributed by atoms with E-state index in [0.29, 0.717) is 17.0 Å². The highest BCUT2D eigenvalue weighted by molar-refractivity contribution is 5.68. The fourth-order valence-corrected chi connectivity index (χ4v) is 2.20. The summed E-state index contributed by atoms with van der Waals surface area (Å²) in [4.78, 5) is 34.6. The normalized spacial score (nSPS) is 20.8. The van der Waals surface area contributed by atoms with Crippen LogP contribution in [0.15, 0.2) is 9.59 Å². The minimum atomic E-state index is -0.530. The molecule has 2 aromatic heterocycles. The summed E-state index contributed by atoms with van der Waals surface area (Å²) in [5.41, 5.74) is -0.316. The molecule has 0 amide bonds. The van der Waals surface area contributed by atoms with Crippen LogP contribution in [0.3, 0.4) is 0 Å². The van der Waals surface area contributed by atoms with E-state index in [1.54, 1.807) is 0 Å². The summed E-state index contributed by atoms with van der Waals surface area (Å²) < 4.78 is 0. The molecule has 1 aliphatic heterocycles. The number of imidazole rings is 1. The second kappa shape index (κ2) is 3.85. The highest BCUT2D eigenvalue weighted by Gasteiger charge is 2.19. The highest BCUT2D eigenvalue weighted by Crippen LogP contribution is 2.20. The van der Waals surface area contributed by atoms with Gasteiger partial charge in [0, 0.05) is 0 Å². The summed E-state index contributed by atoms with van der Waals surface area (Å²) in [6.07, 6.45) is 3.29. The number of nitrogens with one attached hydrogen (secondary N) is 4. The van der Waals surface area contributed by atoms with Gasteiger partial charge in [0.05, 0.1) is 6.04 Å². The third-order valence-electron chi connectivity index (χ3n) is 3.05. The molecule has 7 nitrogen and oxygen atoms in total. The number of hydrogen-bond acceptors (Lipinski definition) is 4. The van der Waals surface area contributed by atoms with Crippen molar-refractivity contribution in [1.29, 1.82) is 0 Å². The Bertz CT molecular complexity index is 646. The fourth-order valence-electron chi connectivity index (χ4n) is 2.20. The van der Waals surface area contributed by atoms with Crippen molar-refractivity contribution < 1.29 is 0 Å². The molecule has 90 valence electrons. The molecule has 3 rings (SSSR count). The molecule has 17 heavy (non-hydrogen) atoms. The van der Waals surface area contributed by atoms with Gasteiger partial charge in [0.1, 0.15) is 11.3 Å². The molecule has 0 aromatic carbocycles. The Morgan fingerprint density at radius 3 is 2.76 bits per heavy atom. The Morgan fingerprint density at radius 2 is 2.00 bits per heavy atom. The SMILES string of the molecule is O=c1[nH]c(=O)c2[nH]c(C3CCCCN3)nc2[nH]1. The maximum atomic E-state index is 11.5. The first kappa shape index (κ1) is 10.3. The van der Waals surface area contributed by atoms with Gasteiger partial charge in [-0.3, -0.25) is 14.8 Å². The average Bonchev–Trinajstić information content (AvgIpc) is 2.74. The van der Waals surface area contributed by atoms with Crippen LogP contribution in [0.5, 0.6) is 0 Å². The van der Waals surface area contributed by atoms with Crippen LogP contribution in [0.4, 0.5) is 0 Å². The van der Waals surface area contributed by atoms with Crippen LogP contribution in [0, 0.1) is 0 Å². The average molecular weight is 235 g/mol. The lowest BCUT2D eigenvalue weighted by Gasteiger charge is -2.21. The van der Waals surface area contributed by atoms with Crippen molar-refractivity contribution in [3.05, 3.63) is 26.7 Å². The maximum Gasteiger partial charge on any atom is 0.327 e. The van der Waals surface area contributed by atoms with E-state index in [2.05, 4.69) is 25.3 Å². The molecule has 1 fully saturated rings. The van der Waals surface area contributed by atoms with Gasteiger partial charge in [0.2, 0.25) is 0 Å². The van der Waals surface area contributed by atoms with E-state index in [9.17, 15) is 9.59 Å². The zero-order chi connectivity index (χ0) is 11.8. The number of fused-ring (bicyclic) bond motifs is 1. The molecule has 4 N–H and O–H groups in total. The van der Waals surface area contributed by atoms with Gasteiger partial charge >= 0.3 is 5.69 Å². The van der Waals surface area contributed by atoms with Crippen molar-refractivity contribution in [2.75, 3.05) is 6.54 Å².